The van der Waals surface area contributed by atoms with Crippen LogP contribution >= 0.6 is 0 Å². The lowest BCUT2D eigenvalue weighted by Gasteiger charge is -2.24. The highest BCUT2D eigenvalue weighted by atomic mass is 16.5. The summed E-state index contributed by atoms with van der Waals surface area (Å²) < 4.78 is 16.5. The second-order valence-electron chi connectivity index (χ2n) is 8.20. The van der Waals surface area contributed by atoms with Gasteiger partial charge in [0.25, 0.3) is 5.56 Å². The third kappa shape index (κ3) is 12.1. The summed E-state index contributed by atoms with van der Waals surface area (Å²) in [5.74, 6) is -1.84. The molecule has 0 unspecified atom stereocenters. The highest BCUT2D eigenvalue weighted by molar-refractivity contribution is 5.82. The maximum Gasteiger partial charge on any atom is 0.325 e. The van der Waals surface area contributed by atoms with Crippen molar-refractivity contribution < 1.29 is 28.9 Å². The first-order chi connectivity index (χ1) is 14.5. The molecule has 0 aliphatic heterocycles. The van der Waals surface area contributed by atoms with Crippen molar-refractivity contribution in [2.24, 2.45) is 5.92 Å². The van der Waals surface area contributed by atoms with E-state index in [4.69, 9.17) is 19.3 Å². The molecule has 0 aliphatic carbocycles. The van der Waals surface area contributed by atoms with E-state index in [0.717, 1.165) is 11.1 Å². The van der Waals surface area contributed by atoms with Gasteiger partial charge in [0.1, 0.15) is 6.54 Å². The van der Waals surface area contributed by atoms with Crippen LogP contribution in [0.25, 0.3) is 0 Å². The number of carbonyl (C=O) groups excluding carboxylic acids is 1. The van der Waals surface area contributed by atoms with Crippen LogP contribution in [0.5, 0.6) is 0 Å². The molecule has 31 heavy (non-hydrogen) atoms. The third-order valence-corrected chi connectivity index (χ3v) is 3.99. The predicted octanol–water partition coefficient (Wildman–Crippen LogP) is 0.00330. The maximum absolute atomic E-state index is 12.5. The minimum atomic E-state index is -1.16. The summed E-state index contributed by atoms with van der Waals surface area (Å²) in [4.78, 5) is 52.0. The lowest BCUT2D eigenvalue weighted by molar-refractivity contribution is -0.144. The molecule has 0 saturated carbocycles. The molecule has 0 saturated heterocycles. The molecule has 0 radical (unpaired) electrons. The number of carbonyl (C=O) groups is 2. The van der Waals surface area contributed by atoms with Crippen molar-refractivity contribution in [1.82, 2.24) is 14.9 Å². The normalized spacial score (nSPS) is 12.5. The Labute approximate surface area is 180 Å². The number of carboxylic acids is 1. The van der Waals surface area contributed by atoms with Crippen molar-refractivity contribution in [3.8, 4) is 0 Å². The average Bonchev–Trinajstić information content (AvgIpc) is 2.64. The number of rotatable bonds is 14. The quantitative estimate of drug-likeness (QED) is 0.340. The van der Waals surface area contributed by atoms with Crippen molar-refractivity contribution in [2.75, 3.05) is 46.1 Å². The number of hydrogen-bond donors (Lipinski definition) is 3. The van der Waals surface area contributed by atoms with Crippen molar-refractivity contribution in [3.63, 3.8) is 0 Å². The first-order valence-corrected chi connectivity index (χ1v) is 10.1. The molecule has 1 rings (SSSR count). The van der Waals surface area contributed by atoms with E-state index in [1.54, 1.807) is 0 Å². The van der Waals surface area contributed by atoms with Crippen LogP contribution in [-0.4, -0.2) is 83.6 Å². The molecule has 1 atom stereocenters. The largest absolute Gasteiger partial charge is 0.480 e. The zero-order valence-electron chi connectivity index (χ0n) is 18.6. The lowest BCUT2D eigenvalue weighted by Crippen LogP contribution is -2.41. The highest BCUT2D eigenvalue weighted by Gasteiger charge is 2.21. The van der Waals surface area contributed by atoms with Gasteiger partial charge < -0.3 is 29.2 Å². The maximum atomic E-state index is 12.5. The van der Waals surface area contributed by atoms with Crippen molar-refractivity contribution >= 4 is 11.9 Å². The van der Waals surface area contributed by atoms with Gasteiger partial charge >= 0.3 is 11.7 Å². The lowest BCUT2D eigenvalue weighted by atomic mass is 10.1. The molecule has 1 aromatic rings. The summed E-state index contributed by atoms with van der Waals surface area (Å²) in [5.41, 5.74) is -1.52. The van der Waals surface area contributed by atoms with Crippen molar-refractivity contribution in [2.45, 2.75) is 39.7 Å². The Morgan fingerprint density at radius 1 is 1.13 bits per heavy atom. The van der Waals surface area contributed by atoms with Crippen molar-refractivity contribution in [1.29, 1.82) is 0 Å². The molecule has 11 heteroatoms. The van der Waals surface area contributed by atoms with Crippen LogP contribution in [0.2, 0.25) is 0 Å². The number of ether oxygens (including phenoxy) is 3. The molecule has 1 aromatic heterocycles. The Morgan fingerprint density at radius 2 is 1.77 bits per heavy atom. The van der Waals surface area contributed by atoms with E-state index in [0.29, 0.717) is 33.0 Å². The predicted molar refractivity (Wildman–Crippen MR) is 112 cm³/mol. The molecule has 0 aromatic carbocycles. The van der Waals surface area contributed by atoms with Gasteiger partial charge in [-0.15, -0.1) is 0 Å². The fourth-order valence-electron chi connectivity index (χ4n) is 2.60. The standard InChI is InChI=1S/C20H33N3O8/c1-14(13-30-6-5-29-7-8-31-20(2,3)4)11-23(12-17(25)26)16(24)9-15-10-21-19(28)22-18(15)27/h10,14H,5-9,11-13H2,1-4H3,(H,25,26)(H2,21,22,27,28)/t14-/m1/s1. The Bertz CT molecular complexity index is 812. The molecule has 1 heterocycles. The molecular formula is C20H33N3O8. The van der Waals surface area contributed by atoms with E-state index in [2.05, 4.69) is 4.98 Å². The van der Waals surface area contributed by atoms with E-state index in [9.17, 15) is 19.2 Å². The van der Waals surface area contributed by atoms with E-state index >= 15 is 0 Å². The van der Waals surface area contributed by atoms with Crippen molar-refractivity contribution in [3.05, 3.63) is 32.6 Å². The van der Waals surface area contributed by atoms with Gasteiger partial charge in [-0.05, 0) is 26.7 Å². The summed E-state index contributed by atoms with van der Waals surface area (Å²) in [6, 6.07) is 0. The zero-order valence-corrected chi connectivity index (χ0v) is 18.6. The van der Waals surface area contributed by atoms with Crippen LogP contribution in [0, 0.1) is 5.92 Å². The van der Waals surface area contributed by atoms with Gasteiger partial charge in [-0.25, -0.2) is 4.79 Å². The fourth-order valence-corrected chi connectivity index (χ4v) is 2.60. The number of amides is 1. The van der Waals surface area contributed by atoms with Crippen LogP contribution in [0.1, 0.15) is 33.3 Å². The Hall–Kier alpha value is -2.50. The Kier molecular flexibility index (Phi) is 11.2. The number of nitrogens with zero attached hydrogens (tertiary/aromatic N) is 1. The second-order valence-corrected chi connectivity index (χ2v) is 8.20. The molecule has 1 amide bonds. The number of carboxylic acid groups (broad SMARTS) is 1. The monoisotopic (exact) mass is 443 g/mol. The van der Waals surface area contributed by atoms with Crippen LogP contribution in [0.15, 0.2) is 15.8 Å². The van der Waals surface area contributed by atoms with Crippen LogP contribution in [-0.2, 0) is 30.2 Å². The topological polar surface area (TPSA) is 151 Å². The Morgan fingerprint density at radius 3 is 2.39 bits per heavy atom. The van der Waals surface area contributed by atoms with Crippen LogP contribution < -0.4 is 11.2 Å². The molecule has 0 bridgehead atoms. The van der Waals surface area contributed by atoms with Crippen LogP contribution in [0.4, 0.5) is 0 Å². The molecular weight excluding hydrogens is 410 g/mol. The van der Waals surface area contributed by atoms with Gasteiger partial charge in [0.05, 0.1) is 45.1 Å². The molecule has 11 nitrogen and oxygen atoms in total. The van der Waals surface area contributed by atoms with Gasteiger partial charge in [-0.1, -0.05) is 6.92 Å². The van der Waals surface area contributed by atoms with Gasteiger partial charge in [-0.2, -0.15) is 0 Å². The molecule has 0 fully saturated rings. The minimum Gasteiger partial charge on any atom is -0.480 e. The molecule has 0 aliphatic rings. The number of aliphatic carboxylic acids is 1. The fraction of sp³-hybridized carbons (Fsp3) is 0.700. The van der Waals surface area contributed by atoms with E-state index in [1.165, 1.54) is 0 Å². The second kappa shape index (κ2) is 13.0. The van der Waals surface area contributed by atoms with Gasteiger partial charge in [0.2, 0.25) is 5.91 Å². The number of nitrogens with one attached hydrogen (secondary N) is 2. The summed E-state index contributed by atoms with van der Waals surface area (Å²) in [6.07, 6.45) is 0.828. The first kappa shape index (κ1) is 26.5. The summed E-state index contributed by atoms with van der Waals surface area (Å²) in [6.45, 7) is 9.39. The smallest absolute Gasteiger partial charge is 0.325 e. The van der Waals surface area contributed by atoms with Gasteiger partial charge in [0.15, 0.2) is 0 Å². The first-order valence-electron chi connectivity index (χ1n) is 10.1. The highest BCUT2D eigenvalue weighted by Crippen LogP contribution is 2.06. The van der Waals surface area contributed by atoms with E-state index in [-0.39, 0.29) is 30.0 Å². The number of hydrogen-bond acceptors (Lipinski definition) is 7. The zero-order chi connectivity index (χ0) is 23.4. The average molecular weight is 443 g/mol. The number of H-pyrrole nitrogens is 2. The third-order valence-electron chi connectivity index (χ3n) is 3.99. The van der Waals surface area contributed by atoms with E-state index in [1.807, 2.05) is 32.7 Å². The summed E-state index contributed by atoms with van der Waals surface area (Å²) in [7, 11) is 0. The number of aromatic nitrogens is 2. The molecule has 0 spiro atoms. The van der Waals surface area contributed by atoms with Gasteiger partial charge in [-0.3, -0.25) is 19.4 Å². The van der Waals surface area contributed by atoms with Crippen LogP contribution in [0.3, 0.4) is 0 Å². The Balaban J connectivity index is 2.41. The van der Waals surface area contributed by atoms with Gasteiger partial charge in [0, 0.05) is 18.3 Å². The number of aromatic amines is 2. The minimum absolute atomic E-state index is 0.0523. The SMILES string of the molecule is C[C@@H](COCCOCCOC(C)(C)C)CN(CC(=O)O)C(=O)Cc1c[nH]c(=O)[nH]c1=O. The molecule has 176 valence electrons. The molecule has 3 N–H and O–H groups in total. The summed E-state index contributed by atoms with van der Waals surface area (Å²) in [5, 5.41) is 9.10. The summed E-state index contributed by atoms with van der Waals surface area (Å²) >= 11 is 0. The van der Waals surface area contributed by atoms with E-state index < -0.39 is 29.7 Å².